The van der Waals surface area contributed by atoms with Crippen molar-refractivity contribution in [1.29, 1.82) is 0 Å². The minimum absolute atomic E-state index is 0. The largest absolute Gasteiger partial charge is 0.325 e. The Morgan fingerprint density at radius 1 is 1.43 bits per heavy atom. The molecule has 2 aliphatic heterocycles. The number of nitrogens with one attached hydrogen (secondary N) is 2. The van der Waals surface area contributed by atoms with Crippen LogP contribution in [0.5, 0.6) is 0 Å². The average molecular weight is 328 g/mol. The predicted octanol–water partition coefficient (Wildman–Crippen LogP) is 1.62. The van der Waals surface area contributed by atoms with E-state index >= 15 is 0 Å². The zero-order valence-corrected chi connectivity index (χ0v) is 13.4. The first-order valence-corrected chi connectivity index (χ1v) is 7.83. The van der Waals surface area contributed by atoms with E-state index in [-0.39, 0.29) is 30.3 Å². The second kappa shape index (κ2) is 6.68. The molecule has 114 valence electrons. The number of carbonyl (C=O) groups is 2. The molecule has 0 radical (unpaired) electrons. The Morgan fingerprint density at radius 2 is 2.24 bits per heavy atom. The smallest absolute Gasteiger partial charge is 0.242 e. The summed E-state index contributed by atoms with van der Waals surface area (Å²) in [6.45, 7) is 2.30. The molecule has 2 aliphatic rings. The molecule has 0 aromatic heterocycles. The molecular weight excluding hydrogens is 310 g/mol. The van der Waals surface area contributed by atoms with Gasteiger partial charge >= 0.3 is 0 Å². The molecule has 0 aliphatic carbocycles. The van der Waals surface area contributed by atoms with Gasteiger partial charge in [0.05, 0.1) is 6.04 Å². The van der Waals surface area contributed by atoms with Crippen molar-refractivity contribution in [3.8, 4) is 0 Å². The highest BCUT2D eigenvalue weighted by molar-refractivity contribution is 7.99. The fourth-order valence-corrected chi connectivity index (χ4v) is 3.54. The number of hydrogen-bond donors (Lipinski definition) is 2. The first-order chi connectivity index (χ1) is 9.65. The van der Waals surface area contributed by atoms with Crippen molar-refractivity contribution in [1.82, 2.24) is 5.32 Å². The summed E-state index contributed by atoms with van der Waals surface area (Å²) in [7, 11) is 0. The highest BCUT2D eigenvalue weighted by atomic mass is 35.5. The number of halogens is 1. The number of fused-ring (bicyclic) bond motifs is 1. The molecule has 2 amide bonds. The van der Waals surface area contributed by atoms with Crippen molar-refractivity contribution in [3.05, 3.63) is 23.8 Å². The minimum atomic E-state index is -0.109. The normalized spacial score (nSPS) is 19.9. The number of anilines is 2. The first-order valence-electron chi connectivity index (χ1n) is 6.68. The lowest BCUT2D eigenvalue weighted by molar-refractivity contribution is -0.117. The number of nitrogens with zero attached hydrogens (tertiary/aromatic N) is 1. The molecule has 1 aromatic rings. The van der Waals surface area contributed by atoms with Crippen molar-refractivity contribution in [3.63, 3.8) is 0 Å². The van der Waals surface area contributed by atoms with Crippen LogP contribution in [0.4, 0.5) is 11.4 Å². The van der Waals surface area contributed by atoms with Crippen LogP contribution in [0.15, 0.2) is 18.2 Å². The van der Waals surface area contributed by atoms with Gasteiger partial charge in [-0.15, -0.1) is 24.2 Å². The Kier molecular flexibility index (Phi) is 5.13. The second-order valence-electron chi connectivity index (χ2n) is 5.03. The SMILES string of the molecule is CC(=O)N1CCc2cc(NC(=O)C3CSCN3)ccc21.Cl. The number of benzene rings is 1. The standard InChI is InChI=1S/C14H17N3O2S.ClH/c1-9(18)17-5-4-10-6-11(2-3-13(10)17)16-14(19)12-7-20-8-15-12;/h2-3,6,12,15H,4-5,7-8H2,1H3,(H,16,19);1H. The van der Waals surface area contributed by atoms with Crippen LogP contribution in [0.3, 0.4) is 0 Å². The van der Waals surface area contributed by atoms with E-state index in [4.69, 9.17) is 0 Å². The van der Waals surface area contributed by atoms with Gasteiger partial charge < -0.3 is 10.2 Å². The van der Waals surface area contributed by atoms with Gasteiger partial charge in [-0.3, -0.25) is 14.9 Å². The number of carbonyl (C=O) groups excluding carboxylic acids is 2. The van der Waals surface area contributed by atoms with Gasteiger partial charge in [-0.25, -0.2) is 0 Å². The molecule has 0 bridgehead atoms. The number of amides is 2. The Balaban J connectivity index is 0.00000161. The highest BCUT2D eigenvalue weighted by Crippen LogP contribution is 2.30. The van der Waals surface area contributed by atoms with Crippen LogP contribution in [-0.4, -0.2) is 36.0 Å². The van der Waals surface area contributed by atoms with Crippen LogP contribution in [0.1, 0.15) is 12.5 Å². The second-order valence-corrected chi connectivity index (χ2v) is 6.06. The van der Waals surface area contributed by atoms with Crippen molar-refractivity contribution < 1.29 is 9.59 Å². The Morgan fingerprint density at radius 3 is 2.90 bits per heavy atom. The van der Waals surface area contributed by atoms with Gasteiger partial charge in [0.1, 0.15) is 0 Å². The van der Waals surface area contributed by atoms with Gasteiger partial charge in [0, 0.05) is 36.5 Å². The summed E-state index contributed by atoms with van der Waals surface area (Å²) < 4.78 is 0. The predicted molar refractivity (Wildman–Crippen MR) is 88.3 cm³/mol. The quantitative estimate of drug-likeness (QED) is 0.866. The van der Waals surface area contributed by atoms with Crippen LogP contribution >= 0.6 is 24.2 Å². The molecule has 0 spiro atoms. The fourth-order valence-electron chi connectivity index (χ4n) is 2.60. The van der Waals surface area contributed by atoms with Crippen molar-refractivity contribution in [2.24, 2.45) is 0 Å². The average Bonchev–Trinajstić information content (AvgIpc) is 3.07. The van der Waals surface area contributed by atoms with Crippen molar-refractivity contribution >= 4 is 47.4 Å². The lowest BCUT2D eigenvalue weighted by Crippen LogP contribution is -2.37. The summed E-state index contributed by atoms with van der Waals surface area (Å²) in [6.07, 6.45) is 0.843. The van der Waals surface area contributed by atoms with E-state index in [0.29, 0.717) is 0 Å². The Bertz CT molecular complexity index is 561. The highest BCUT2D eigenvalue weighted by Gasteiger charge is 2.24. The van der Waals surface area contributed by atoms with Crippen LogP contribution in [0, 0.1) is 0 Å². The van der Waals surface area contributed by atoms with Gasteiger partial charge in [-0.2, -0.15) is 0 Å². The lowest BCUT2D eigenvalue weighted by atomic mass is 10.1. The fraction of sp³-hybridized carbons (Fsp3) is 0.429. The van der Waals surface area contributed by atoms with E-state index in [9.17, 15) is 9.59 Å². The summed E-state index contributed by atoms with van der Waals surface area (Å²) >= 11 is 1.73. The molecule has 1 unspecified atom stereocenters. The van der Waals surface area contributed by atoms with E-state index in [0.717, 1.165) is 41.5 Å². The van der Waals surface area contributed by atoms with E-state index in [1.165, 1.54) is 0 Å². The number of rotatable bonds is 2. The molecule has 21 heavy (non-hydrogen) atoms. The topological polar surface area (TPSA) is 61.4 Å². The van der Waals surface area contributed by atoms with Crippen molar-refractivity contribution in [2.45, 2.75) is 19.4 Å². The summed E-state index contributed by atoms with van der Waals surface area (Å²) in [5.41, 5.74) is 2.88. The third-order valence-corrected chi connectivity index (χ3v) is 4.60. The van der Waals surface area contributed by atoms with E-state index < -0.39 is 0 Å². The summed E-state index contributed by atoms with van der Waals surface area (Å²) in [4.78, 5) is 25.3. The van der Waals surface area contributed by atoms with Crippen LogP contribution in [0.25, 0.3) is 0 Å². The van der Waals surface area contributed by atoms with E-state index in [2.05, 4.69) is 10.6 Å². The maximum Gasteiger partial charge on any atom is 0.242 e. The van der Waals surface area contributed by atoms with Gasteiger partial charge in [0.2, 0.25) is 11.8 Å². The lowest BCUT2D eigenvalue weighted by Gasteiger charge is -2.15. The van der Waals surface area contributed by atoms with Crippen molar-refractivity contribution in [2.75, 3.05) is 28.4 Å². The Labute approximate surface area is 134 Å². The maximum atomic E-state index is 12.0. The molecule has 2 N–H and O–H groups in total. The molecule has 7 heteroatoms. The van der Waals surface area contributed by atoms with Crippen LogP contribution < -0.4 is 15.5 Å². The third kappa shape index (κ3) is 3.33. The molecule has 1 atom stereocenters. The molecule has 1 aromatic carbocycles. The van der Waals surface area contributed by atoms with Gasteiger partial charge in [0.15, 0.2) is 0 Å². The summed E-state index contributed by atoms with van der Waals surface area (Å²) in [5, 5.41) is 6.09. The van der Waals surface area contributed by atoms with Gasteiger partial charge in [-0.05, 0) is 30.2 Å². The summed E-state index contributed by atoms with van der Waals surface area (Å²) in [5.74, 6) is 1.72. The third-order valence-electron chi connectivity index (χ3n) is 3.66. The van der Waals surface area contributed by atoms with E-state index in [1.807, 2.05) is 18.2 Å². The monoisotopic (exact) mass is 327 g/mol. The number of thioether (sulfide) groups is 1. The molecular formula is C14H18ClN3O2S. The maximum absolute atomic E-state index is 12.0. The Hall–Kier alpha value is -1.24. The first kappa shape index (κ1) is 16.1. The zero-order valence-electron chi connectivity index (χ0n) is 11.7. The van der Waals surface area contributed by atoms with Crippen LogP contribution in [0.2, 0.25) is 0 Å². The minimum Gasteiger partial charge on any atom is -0.325 e. The zero-order chi connectivity index (χ0) is 14.1. The molecule has 2 heterocycles. The van der Waals surface area contributed by atoms with Gasteiger partial charge in [0.25, 0.3) is 0 Å². The molecule has 1 saturated heterocycles. The molecule has 0 saturated carbocycles. The molecule has 5 nitrogen and oxygen atoms in total. The van der Waals surface area contributed by atoms with Gasteiger partial charge in [-0.1, -0.05) is 0 Å². The molecule has 1 fully saturated rings. The van der Waals surface area contributed by atoms with Crippen LogP contribution in [-0.2, 0) is 16.0 Å². The molecule has 3 rings (SSSR count). The number of hydrogen-bond acceptors (Lipinski definition) is 4. The summed E-state index contributed by atoms with van der Waals surface area (Å²) in [6, 6.07) is 5.64. The van der Waals surface area contributed by atoms with E-state index in [1.54, 1.807) is 23.6 Å².